The van der Waals surface area contributed by atoms with Gasteiger partial charge in [-0.2, -0.15) is 0 Å². The Morgan fingerprint density at radius 2 is 1.81 bits per heavy atom. The molecule has 114 valence electrons. The minimum Gasteiger partial charge on any atom is -0.480 e. The van der Waals surface area contributed by atoms with E-state index in [1.54, 1.807) is 12.1 Å². The van der Waals surface area contributed by atoms with Gasteiger partial charge in [0.1, 0.15) is 6.54 Å². The van der Waals surface area contributed by atoms with Crippen molar-refractivity contribution in [1.29, 1.82) is 0 Å². The molecule has 0 unspecified atom stereocenters. The van der Waals surface area contributed by atoms with Crippen molar-refractivity contribution in [2.24, 2.45) is 0 Å². The molecule has 4 N–H and O–H groups in total. The molecule has 0 atom stereocenters. The molecular weight excluding hydrogens is 274 g/mol. The van der Waals surface area contributed by atoms with E-state index in [4.69, 9.17) is 5.11 Å². The molecule has 0 aliphatic heterocycles. The van der Waals surface area contributed by atoms with Gasteiger partial charge in [0.15, 0.2) is 0 Å². The fourth-order valence-electron chi connectivity index (χ4n) is 1.57. The molecular formula is C14H19N3O4. The zero-order valence-corrected chi connectivity index (χ0v) is 11.8. The molecule has 0 spiro atoms. The predicted molar refractivity (Wildman–Crippen MR) is 78.2 cm³/mol. The van der Waals surface area contributed by atoms with Gasteiger partial charge in [-0.15, -0.1) is 0 Å². The fourth-order valence-corrected chi connectivity index (χ4v) is 1.57. The van der Waals surface area contributed by atoms with Gasteiger partial charge in [-0.1, -0.05) is 6.92 Å². The first-order chi connectivity index (χ1) is 10.0. The van der Waals surface area contributed by atoms with E-state index in [1.807, 2.05) is 6.92 Å². The van der Waals surface area contributed by atoms with Gasteiger partial charge in [0, 0.05) is 24.2 Å². The van der Waals surface area contributed by atoms with E-state index in [2.05, 4.69) is 16.0 Å². The maximum absolute atomic E-state index is 11.6. The summed E-state index contributed by atoms with van der Waals surface area (Å²) < 4.78 is 0. The molecule has 0 radical (unpaired) electrons. The van der Waals surface area contributed by atoms with Crippen LogP contribution in [0.15, 0.2) is 24.3 Å². The molecule has 1 aromatic rings. The van der Waals surface area contributed by atoms with E-state index < -0.39 is 18.4 Å². The van der Waals surface area contributed by atoms with Crippen molar-refractivity contribution in [3.8, 4) is 0 Å². The van der Waals surface area contributed by atoms with Crippen molar-refractivity contribution >= 4 is 23.5 Å². The van der Waals surface area contributed by atoms with Crippen LogP contribution in [0.3, 0.4) is 0 Å². The highest BCUT2D eigenvalue weighted by Gasteiger charge is 2.07. The Kier molecular flexibility index (Phi) is 6.90. The summed E-state index contributed by atoms with van der Waals surface area (Å²) in [5.74, 6) is -1.69. The number of carbonyl (C=O) groups excluding carboxylic acids is 2. The van der Waals surface area contributed by atoms with Gasteiger partial charge in [0.25, 0.3) is 5.91 Å². The highest BCUT2D eigenvalue weighted by Crippen LogP contribution is 2.09. The van der Waals surface area contributed by atoms with Crippen LogP contribution in [-0.2, 0) is 9.59 Å². The van der Waals surface area contributed by atoms with Crippen LogP contribution in [0, 0.1) is 0 Å². The summed E-state index contributed by atoms with van der Waals surface area (Å²) in [6.45, 7) is 2.96. The van der Waals surface area contributed by atoms with Gasteiger partial charge in [-0.05, 0) is 30.8 Å². The van der Waals surface area contributed by atoms with E-state index in [9.17, 15) is 14.4 Å². The maximum Gasteiger partial charge on any atom is 0.322 e. The van der Waals surface area contributed by atoms with Gasteiger partial charge < -0.3 is 21.1 Å². The average molecular weight is 293 g/mol. The first-order valence-corrected chi connectivity index (χ1v) is 6.63. The van der Waals surface area contributed by atoms with E-state index in [0.717, 1.165) is 6.54 Å². The second-order valence-electron chi connectivity index (χ2n) is 4.31. The van der Waals surface area contributed by atoms with Crippen molar-refractivity contribution in [2.75, 3.05) is 25.0 Å². The Morgan fingerprint density at radius 3 is 2.38 bits per heavy atom. The Morgan fingerprint density at radius 1 is 1.14 bits per heavy atom. The Balaban J connectivity index is 2.48. The number of rotatable bonds is 8. The van der Waals surface area contributed by atoms with Crippen LogP contribution in [0.2, 0.25) is 0 Å². The van der Waals surface area contributed by atoms with Gasteiger partial charge in [0.05, 0.1) is 0 Å². The van der Waals surface area contributed by atoms with Gasteiger partial charge >= 0.3 is 5.97 Å². The number of carboxylic acids is 1. The monoisotopic (exact) mass is 293 g/mol. The number of benzene rings is 1. The van der Waals surface area contributed by atoms with Crippen LogP contribution in [0.4, 0.5) is 5.69 Å². The molecule has 0 saturated heterocycles. The largest absolute Gasteiger partial charge is 0.480 e. The number of carboxylic acid groups (broad SMARTS) is 1. The number of hydrogen-bond donors (Lipinski definition) is 4. The average Bonchev–Trinajstić information content (AvgIpc) is 2.45. The number of amides is 2. The third-order valence-corrected chi connectivity index (χ3v) is 2.61. The van der Waals surface area contributed by atoms with Crippen LogP contribution in [0.5, 0.6) is 0 Å². The molecule has 0 heterocycles. The lowest BCUT2D eigenvalue weighted by Gasteiger charge is -2.07. The summed E-state index contributed by atoms with van der Waals surface area (Å²) >= 11 is 0. The first kappa shape index (κ1) is 16.6. The molecule has 0 bridgehead atoms. The standard InChI is InChI=1S/C14H19N3O4/c1-2-15-8-7-12(18)17-11-5-3-10(4-6-11)14(21)16-9-13(19)20/h3-6,15H,2,7-9H2,1H3,(H,16,21)(H,17,18)(H,19,20). The molecule has 2 amide bonds. The topological polar surface area (TPSA) is 108 Å². The SMILES string of the molecule is CCNCCC(=O)Nc1ccc(C(=O)NCC(=O)O)cc1. The van der Waals surface area contributed by atoms with Crippen molar-refractivity contribution in [3.63, 3.8) is 0 Å². The number of hydrogen-bond acceptors (Lipinski definition) is 4. The number of carbonyl (C=O) groups is 3. The summed E-state index contributed by atoms with van der Waals surface area (Å²) in [4.78, 5) is 33.5. The molecule has 1 aromatic carbocycles. The fraction of sp³-hybridized carbons (Fsp3) is 0.357. The highest BCUT2D eigenvalue weighted by molar-refractivity contribution is 5.97. The summed E-state index contributed by atoms with van der Waals surface area (Å²) in [7, 11) is 0. The number of nitrogens with one attached hydrogen (secondary N) is 3. The third kappa shape index (κ3) is 6.53. The van der Waals surface area contributed by atoms with E-state index in [0.29, 0.717) is 24.2 Å². The van der Waals surface area contributed by atoms with Crippen LogP contribution >= 0.6 is 0 Å². The van der Waals surface area contributed by atoms with Crippen molar-refractivity contribution in [2.45, 2.75) is 13.3 Å². The second-order valence-corrected chi connectivity index (χ2v) is 4.31. The predicted octanol–water partition coefficient (Wildman–Crippen LogP) is 0.439. The Hall–Kier alpha value is -2.41. The van der Waals surface area contributed by atoms with Crippen LogP contribution in [-0.4, -0.2) is 42.5 Å². The minimum atomic E-state index is -1.10. The summed E-state index contributed by atoms with van der Waals surface area (Å²) in [5.41, 5.74) is 0.924. The summed E-state index contributed by atoms with van der Waals surface area (Å²) in [6.07, 6.45) is 0.370. The van der Waals surface area contributed by atoms with Crippen molar-refractivity contribution in [1.82, 2.24) is 10.6 Å². The van der Waals surface area contributed by atoms with E-state index >= 15 is 0 Å². The van der Waals surface area contributed by atoms with Gasteiger partial charge in [-0.25, -0.2) is 0 Å². The van der Waals surface area contributed by atoms with Crippen LogP contribution in [0.1, 0.15) is 23.7 Å². The van der Waals surface area contributed by atoms with E-state index in [-0.39, 0.29) is 5.91 Å². The molecule has 7 heteroatoms. The molecule has 0 aliphatic carbocycles. The van der Waals surface area contributed by atoms with Gasteiger partial charge in [0.2, 0.25) is 5.91 Å². The number of aliphatic carboxylic acids is 1. The molecule has 0 aromatic heterocycles. The summed E-state index contributed by atoms with van der Waals surface area (Å²) in [6, 6.07) is 6.25. The minimum absolute atomic E-state index is 0.112. The quantitative estimate of drug-likeness (QED) is 0.520. The lowest BCUT2D eigenvalue weighted by Crippen LogP contribution is -2.29. The highest BCUT2D eigenvalue weighted by atomic mass is 16.4. The maximum atomic E-state index is 11.6. The zero-order valence-electron chi connectivity index (χ0n) is 11.8. The van der Waals surface area contributed by atoms with Crippen LogP contribution in [0.25, 0.3) is 0 Å². The molecule has 21 heavy (non-hydrogen) atoms. The van der Waals surface area contributed by atoms with Crippen molar-refractivity contribution < 1.29 is 19.5 Å². The van der Waals surface area contributed by atoms with Crippen LogP contribution < -0.4 is 16.0 Å². The van der Waals surface area contributed by atoms with Gasteiger partial charge in [-0.3, -0.25) is 14.4 Å². The normalized spacial score (nSPS) is 9.95. The molecule has 0 fully saturated rings. The Labute approximate surface area is 122 Å². The molecule has 1 rings (SSSR count). The lowest BCUT2D eigenvalue weighted by atomic mass is 10.2. The molecule has 7 nitrogen and oxygen atoms in total. The zero-order chi connectivity index (χ0) is 15.7. The van der Waals surface area contributed by atoms with Crippen molar-refractivity contribution in [3.05, 3.63) is 29.8 Å². The van der Waals surface area contributed by atoms with E-state index in [1.165, 1.54) is 12.1 Å². The first-order valence-electron chi connectivity index (χ1n) is 6.63. The third-order valence-electron chi connectivity index (χ3n) is 2.61. The lowest BCUT2D eigenvalue weighted by molar-refractivity contribution is -0.135. The smallest absolute Gasteiger partial charge is 0.322 e. The molecule has 0 aliphatic rings. The Bertz CT molecular complexity index is 499. The number of anilines is 1. The second kappa shape index (κ2) is 8.70. The molecule has 0 saturated carbocycles. The summed E-state index contributed by atoms with van der Waals surface area (Å²) in [5, 5.41) is 16.5.